The van der Waals surface area contributed by atoms with E-state index in [-0.39, 0.29) is 0 Å². The minimum Gasteiger partial charge on any atom is -0.351 e. The van der Waals surface area contributed by atoms with Crippen LogP contribution in [0.4, 0.5) is 5.95 Å². The van der Waals surface area contributed by atoms with Gasteiger partial charge >= 0.3 is 0 Å². The summed E-state index contributed by atoms with van der Waals surface area (Å²) in [5, 5.41) is 15.2. The van der Waals surface area contributed by atoms with E-state index in [9.17, 15) is 0 Å². The fourth-order valence-electron chi connectivity index (χ4n) is 3.23. The van der Waals surface area contributed by atoms with E-state index in [1.807, 2.05) is 0 Å². The van der Waals surface area contributed by atoms with Gasteiger partial charge in [0, 0.05) is 12.1 Å². The Morgan fingerprint density at radius 2 is 1.92 bits per heavy atom. The molecule has 2 aliphatic carbocycles. The molecule has 2 heterocycles. The molecule has 0 aliphatic heterocycles. The predicted octanol–water partition coefficient (Wildman–Crippen LogP) is 2.55. The van der Waals surface area contributed by atoms with Gasteiger partial charge in [-0.1, -0.05) is 11.6 Å². The summed E-state index contributed by atoms with van der Waals surface area (Å²) in [4.78, 5) is 8.93. The molecule has 4 N–H and O–H groups in total. The van der Waals surface area contributed by atoms with Crippen molar-refractivity contribution in [3.63, 3.8) is 0 Å². The molecule has 0 bridgehead atoms. The van der Waals surface area contributed by atoms with Gasteiger partial charge in [0.2, 0.25) is 5.95 Å². The van der Waals surface area contributed by atoms with Crippen LogP contribution in [0.15, 0.2) is 6.20 Å². The minimum absolute atomic E-state index is 0.324. The van der Waals surface area contributed by atoms with Crippen molar-refractivity contribution >= 4 is 17.5 Å². The van der Waals surface area contributed by atoms with Crippen LogP contribution in [0, 0.1) is 5.92 Å². The van der Waals surface area contributed by atoms with Gasteiger partial charge in [0.15, 0.2) is 0 Å². The fraction of sp³-hybridized carbons (Fsp3) is 0.625. The molecule has 0 aromatic carbocycles. The third-order valence-corrected chi connectivity index (χ3v) is 5.15. The molecule has 0 saturated heterocycles. The van der Waals surface area contributed by atoms with Gasteiger partial charge in [-0.25, -0.2) is 9.97 Å². The average Bonchev–Trinajstić information content (AvgIpc) is 3.28. The van der Waals surface area contributed by atoms with Crippen molar-refractivity contribution in [2.24, 2.45) is 11.7 Å². The van der Waals surface area contributed by atoms with Crippen LogP contribution in [0.5, 0.6) is 0 Å². The van der Waals surface area contributed by atoms with Crippen LogP contribution in [0.1, 0.15) is 44.2 Å². The molecule has 2 saturated carbocycles. The smallest absolute Gasteiger partial charge is 0.223 e. The first-order valence-corrected chi connectivity index (χ1v) is 9.01. The van der Waals surface area contributed by atoms with E-state index < -0.39 is 0 Å². The number of hydrogen-bond donors (Lipinski definition) is 3. The Hall–Kier alpha value is -1.73. The lowest BCUT2D eigenvalue weighted by atomic mass is 9.92. The van der Waals surface area contributed by atoms with E-state index in [0.29, 0.717) is 28.7 Å². The average molecular weight is 348 g/mol. The van der Waals surface area contributed by atoms with Crippen LogP contribution in [0.3, 0.4) is 0 Å². The van der Waals surface area contributed by atoms with E-state index in [2.05, 4.69) is 30.7 Å². The number of hydrogen-bond acceptors (Lipinski definition) is 6. The van der Waals surface area contributed by atoms with Crippen molar-refractivity contribution in [2.45, 2.75) is 57.0 Å². The van der Waals surface area contributed by atoms with Crippen LogP contribution in [-0.2, 0) is 6.42 Å². The number of anilines is 1. The quantitative estimate of drug-likeness (QED) is 0.767. The third-order valence-electron chi connectivity index (χ3n) is 4.87. The second kappa shape index (κ2) is 6.64. The van der Waals surface area contributed by atoms with Crippen LogP contribution in [-0.4, -0.2) is 37.5 Å². The molecule has 0 amide bonds. The van der Waals surface area contributed by atoms with Crippen LogP contribution in [0.2, 0.25) is 5.02 Å². The normalized spacial score (nSPS) is 24.1. The highest BCUT2D eigenvalue weighted by Crippen LogP contribution is 2.35. The van der Waals surface area contributed by atoms with Crippen LogP contribution < -0.4 is 11.1 Å². The summed E-state index contributed by atoms with van der Waals surface area (Å²) in [6, 6.07) is 0.687. The van der Waals surface area contributed by atoms with E-state index >= 15 is 0 Å². The minimum atomic E-state index is 0.324. The highest BCUT2D eigenvalue weighted by Gasteiger charge is 2.26. The summed E-state index contributed by atoms with van der Waals surface area (Å²) in [5.41, 5.74) is 8.29. The summed E-state index contributed by atoms with van der Waals surface area (Å²) in [7, 11) is 0. The summed E-state index contributed by atoms with van der Waals surface area (Å²) in [6.45, 7) is 0. The van der Waals surface area contributed by atoms with Crippen LogP contribution >= 0.6 is 11.6 Å². The number of rotatable bonds is 5. The molecule has 8 heteroatoms. The van der Waals surface area contributed by atoms with Gasteiger partial charge in [-0.15, -0.1) is 0 Å². The largest absolute Gasteiger partial charge is 0.351 e. The van der Waals surface area contributed by atoms with Crippen molar-refractivity contribution in [3.8, 4) is 11.4 Å². The molecule has 2 fully saturated rings. The van der Waals surface area contributed by atoms with E-state index in [1.165, 1.54) is 12.8 Å². The van der Waals surface area contributed by atoms with Gasteiger partial charge in [0.1, 0.15) is 11.4 Å². The maximum Gasteiger partial charge on any atom is 0.223 e. The Bertz CT molecular complexity index is 704. The molecule has 7 nitrogen and oxygen atoms in total. The highest BCUT2D eigenvalue weighted by atomic mass is 35.5. The van der Waals surface area contributed by atoms with Crippen molar-refractivity contribution in [2.75, 3.05) is 5.32 Å². The predicted molar refractivity (Wildman–Crippen MR) is 92.7 cm³/mol. The topological polar surface area (TPSA) is 105 Å². The number of nitrogens with zero attached hydrogens (tertiary/aromatic N) is 4. The van der Waals surface area contributed by atoms with Gasteiger partial charge in [-0.3, -0.25) is 0 Å². The maximum absolute atomic E-state index is 6.32. The van der Waals surface area contributed by atoms with E-state index in [1.54, 1.807) is 6.20 Å². The number of nitrogens with one attached hydrogen (secondary N) is 2. The Morgan fingerprint density at radius 3 is 2.67 bits per heavy atom. The summed E-state index contributed by atoms with van der Waals surface area (Å²) >= 11 is 6.32. The number of aromatic nitrogens is 5. The maximum atomic E-state index is 6.32. The lowest BCUT2D eigenvalue weighted by Crippen LogP contribution is -2.33. The second-order valence-electron chi connectivity index (χ2n) is 6.91. The van der Waals surface area contributed by atoms with Gasteiger partial charge in [0.05, 0.1) is 16.9 Å². The Kier molecular flexibility index (Phi) is 4.37. The number of halogens is 1. The number of H-pyrrole nitrogens is 1. The molecule has 4 rings (SSSR count). The number of aromatic amines is 1. The fourth-order valence-corrected chi connectivity index (χ4v) is 3.41. The molecule has 0 atom stereocenters. The zero-order chi connectivity index (χ0) is 16.5. The van der Waals surface area contributed by atoms with E-state index in [0.717, 1.165) is 49.4 Å². The highest BCUT2D eigenvalue weighted by molar-refractivity contribution is 6.32. The second-order valence-corrected chi connectivity index (χ2v) is 7.32. The first-order chi connectivity index (χ1) is 11.7. The standard InChI is InChI=1S/C16H22ClN7/c17-12-8-19-16(20-11-5-3-10(18)4-6-11)21-14(12)15-13(22-24-23-15)7-9-1-2-9/h8-11H,1-7,18H2,(H,19,20,21)(H,22,23,24). The van der Waals surface area contributed by atoms with Gasteiger partial charge in [0.25, 0.3) is 0 Å². The Balaban J connectivity index is 1.54. The zero-order valence-corrected chi connectivity index (χ0v) is 14.3. The van der Waals surface area contributed by atoms with E-state index in [4.69, 9.17) is 17.3 Å². The number of nitrogens with two attached hydrogens (primary N) is 1. The summed E-state index contributed by atoms with van der Waals surface area (Å²) in [6.07, 6.45) is 9.24. The Morgan fingerprint density at radius 1 is 1.12 bits per heavy atom. The molecule has 2 aromatic rings. The molecule has 0 spiro atoms. The monoisotopic (exact) mass is 347 g/mol. The van der Waals surface area contributed by atoms with Crippen molar-refractivity contribution in [1.82, 2.24) is 25.4 Å². The zero-order valence-electron chi connectivity index (χ0n) is 13.5. The first kappa shape index (κ1) is 15.8. The molecule has 2 aliphatic rings. The van der Waals surface area contributed by atoms with Crippen molar-refractivity contribution in [1.29, 1.82) is 0 Å². The summed E-state index contributed by atoms with van der Waals surface area (Å²) < 4.78 is 0. The molecule has 0 radical (unpaired) electrons. The van der Waals surface area contributed by atoms with Gasteiger partial charge in [-0.05, 0) is 50.9 Å². The Labute approximate surface area is 145 Å². The lowest BCUT2D eigenvalue weighted by Gasteiger charge is -2.26. The van der Waals surface area contributed by atoms with Gasteiger partial charge < -0.3 is 11.1 Å². The van der Waals surface area contributed by atoms with Crippen LogP contribution in [0.25, 0.3) is 11.4 Å². The molecular weight excluding hydrogens is 326 g/mol. The SMILES string of the molecule is NC1CCC(Nc2ncc(Cl)c(-c3n[nH]nc3CC3CC3)n2)CC1. The molecule has 128 valence electrons. The van der Waals surface area contributed by atoms with Gasteiger partial charge in [-0.2, -0.15) is 15.4 Å². The molecule has 24 heavy (non-hydrogen) atoms. The molecule has 0 unspecified atom stereocenters. The third kappa shape index (κ3) is 3.52. The lowest BCUT2D eigenvalue weighted by molar-refractivity contribution is 0.410. The van der Waals surface area contributed by atoms with Crippen molar-refractivity contribution < 1.29 is 0 Å². The summed E-state index contributed by atoms with van der Waals surface area (Å²) in [5.74, 6) is 1.31. The molecule has 2 aromatic heterocycles. The first-order valence-electron chi connectivity index (χ1n) is 8.63. The molecular formula is C16H22ClN7. The van der Waals surface area contributed by atoms with Crippen molar-refractivity contribution in [3.05, 3.63) is 16.9 Å².